The monoisotopic (exact) mass is 272 g/mol. The summed E-state index contributed by atoms with van der Waals surface area (Å²) in [6, 6.07) is 5.95. The van der Waals surface area contributed by atoms with Crippen molar-refractivity contribution < 1.29 is 35.9 Å². The van der Waals surface area contributed by atoms with E-state index in [1.165, 1.54) is 18.2 Å². The van der Waals surface area contributed by atoms with Gasteiger partial charge in [-0.05, 0) is 12.1 Å². The number of esters is 1. The first-order chi connectivity index (χ1) is 8.18. The first kappa shape index (κ1) is 14.3. The maximum Gasteiger partial charge on any atom is 0.466 e. The van der Waals surface area contributed by atoms with E-state index in [-0.39, 0.29) is 0 Å². The highest BCUT2D eigenvalue weighted by molar-refractivity contribution is 5.89. The molecule has 0 radical (unpaired) electrons. The number of carbonyl (C=O) groups excluding carboxylic acids is 1. The van der Waals surface area contributed by atoms with Crippen molar-refractivity contribution in [2.75, 3.05) is 0 Å². The fourth-order valence-corrected chi connectivity index (χ4v) is 0.994. The number of hydrogen-bond acceptors (Lipinski definition) is 2. The molecule has 0 saturated heterocycles. The largest absolute Gasteiger partial charge is 0.466 e. The standard InChI is InChI=1S/C10H6F6O2/c11-8(12)9(13,10(14,15)16)18-7(17)6-4-2-1-3-5-6/h1-5,8H. The van der Waals surface area contributed by atoms with Crippen molar-refractivity contribution in [1.82, 2.24) is 0 Å². The molecule has 1 unspecified atom stereocenters. The number of benzene rings is 1. The summed E-state index contributed by atoms with van der Waals surface area (Å²) in [5, 5.41) is 0. The Hall–Kier alpha value is -1.73. The molecular weight excluding hydrogens is 266 g/mol. The minimum absolute atomic E-state index is 0.468. The van der Waals surface area contributed by atoms with E-state index in [4.69, 9.17) is 0 Å². The lowest BCUT2D eigenvalue weighted by Gasteiger charge is -2.26. The molecule has 8 heteroatoms. The van der Waals surface area contributed by atoms with Gasteiger partial charge in [0.2, 0.25) is 0 Å². The molecule has 1 atom stereocenters. The van der Waals surface area contributed by atoms with Crippen LogP contribution >= 0.6 is 0 Å². The zero-order chi connectivity index (χ0) is 14.0. The summed E-state index contributed by atoms with van der Waals surface area (Å²) in [5.74, 6) is -7.14. The third-order valence-corrected chi connectivity index (χ3v) is 1.92. The Morgan fingerprint density at radius 3 is 1.94 bits per heavy atom. The fraction of sp³-hybridized carbons (Fsp3) is 0.300. The van der Waals surface area contributed by atoms with Crippen molar-refractivity contribution in [3.05, 3.63) is 35.9 Å². The summed E-state index contributed by atoms with van der Waals surface area (Å²) in [6.45, 7) is 0. The van der Waals surface area contributed by atoms with Crippen molar-refractivity contribution in [2.24, 2.45) is 0 Å². The lowest BCUT2D eigenvalue weighted by Crippen LogP contribution is -2.50. The lowest BCUT2D eigenvalue weighted by atomic mass is 10.2. The molecule has 0 saturated carbocycles. The van der Waals surface area contributed by atoms with Crippen molar-refractivity contribution in [3.63, 3.8) is 0 Å². The van der Waals surface area contributed by atoms with Crippen LogP contribution in [0.25, 0.3) is 0 Å². The van der Waals surface area contributed by atoms with Gasteiger partial charge >= 0.3 is 24.4 Å². The van der Waals surface area contributed by atoms with Crippen LogP contribution in [0, 0.1) is 0 Å². The molecule has 0 aliphatic heterocycles. The van der Waals surface area contributed by atoms with Crippen LogP contribution in [0.4, 0.5) is 26.3 Å². The highest BCUT2D eigenvalue weighted by Crippen LogP contribution is 2.40. The highest BCUT2D eigenvalue weighted by atomic mass is 19.4. The van der Waals surface area contributed by atoms with Gasteiger partial charge in [0.15, 0.2) is 0 Å². The number of alkyl halides is 6. The maximum atomic E-state index is 13.0. The summed E-state index contributed by atoms with van der Waals surface area (Å²) in [5.41, 5.74) is -0.468. The molecular formula is C10H6F6O2. The van der Waals surface area contributed by atoms with Gasteiger partial charge in [0, 0.05) is 0 Å². The van der Waals surface area contributed by atoms with Gasteiger partial charge in [-0.25, -0.2) is 13.6 Å². The Morgan fingerprint density at radius 1 is 1.06 bits per heavy atom. The predicted molar refractivity (Wildman–Crippen MR) is 47.8 cm³/mol. The first-order valence-electron chi connectivity index (χ1n) is 4.50. The van der Waals surface area contributed by atoms with Gasteiger partial charge in [-0.15, -0.1) is 0 Å². The van der Waals surface area contributed by atoms with E-state index in [1.807, 2.05) is 0 Å². The average molecular weight is 272 g/mol. The molecule has 18 heavy (non-hydrogen) atoms. The molecule has 0 aliphatic carbocycles. The van der Waals surface area contributed by atoms with Gasteiger partial charge in [-0.2, -0.15) is 17.6 Å². The van der Waals surface area contributed by atoms with Gasteiger partial charge in [0.05, 0.1) is 5.56 Å². The summed E-state index contributed by atoms with van der Waals surface area (Å²) in [4.78, 5) is 11.1. The van der Waals surface area contributed by atoms with E-state index in [2.05, 4.69) is 4.74 Å². The average Bonchev–Trinajstić information content (AvgIpc) is 2.28. The van der Waals surface area contributed by atoms with E-state index in [9.17, 15) is 31.1 Å². The molecule has 1 aromatic rings. The van der Waals surface area contributed by atoms with Crippen LogP contribution in [0.15, 0.2) is 30.3 Å². The fourth-order valence-electron chi connectivity index (χ4n) is 0.994. The Labute approximate surface area is 97.2 Å². The van der Waals surface area contributed by atoms with Crippen LogP contribution in [0.3, 0.4) is 0 Å². The second-order valence-corrected chi connectivity index (χ2v) is 3.20. The van der Waals surface area contributed by atoms with E-state index in [0.29, 0.717) is 0 Å². The number of ether oxygens (including phenoxy) is 1. The van der Waals surface area contributed by atoms with Crippen LogP contribution in [0.1, 0.15) is 10.4 Å². The van der Waals surface area contributed by atoms with Crippen molar-refractivity contribution in [3.8, 4) is 0 Å². The van der Waals surface area contributed by atoms with Gasteiger partial charge in [0.25, 0.3) is 0 Å². The zero-order valence-corrected chi connectivity index (χ0v) is 8.55. The van der Waals surface area contributed by atoms with Crippen LogP contribution in [0.5, 0.6) is 0 Å². The van der Waals surface area contributed by atoms with E-state index >= 15 is 0 Å². The van der Waals surface area contributed by atoms with Crippen LogP contribution in [-0.2, 0) is 4.74 Å². The second-order valence-electron chi connectivity index (χ2n) is 3.20. The predicted octanol–water partition coefficient (Wildman–Crippen LogP) is 3.34. The smallest absolute Gasteiger partial charge is 0.411 e. The molecule has 100 valence electrons. The molecule has 1 rings (SSSR count). The Balaban J connectivity index is 2.97. The summed E-state index contributed by atoms with van der Waals surface area (Å²) in [7, 11) is 0. The molecule has 2 nitrogen and oxygen atoms in total. The van der Waals surface area contributed by atoms with Crippen LogP contribution in [0.2, 0.25) is 0 Å². The lowest BCUT2D eigenvalue weighted by molar-refractivity contribution is -0.349. The first-order valence-corrected chi connectivity index (χ1v) is 4.50. The number of hydrogen-bond donors (Lipinski definition) is 0. The third kappa shape index (κ3) is 2.74. The number of carbonyl (C=O) groups is 1. The maximum absolute atomic E-state index is 13.0. The Bertz CT molecular complexity index is 416. The Kier molecular flexibility index (Phi) is 3.88. The second kappa shape index (κ2) is 4.87. The van der Waals surface area contributed by atoms with Gasteiger partial charge in [0.1, 0.15) is 0 Å². The van der Waals surface area contributed by atoms with Gasteiger partial charge < -0.3 is 4.74 Å². The highest BCUT2D eigenvalue weighted by Gasteiger charge is 2.66. The molecule has 0 aliphatic rings. The number of halogens is 6. The molecule has 1 aromatic carbocycles. The molecule has 0 amide bonds. The minimum atomic E-state index is -6.02. The molecule has 0 spiro atoms. The van der Waals surface area contributed by atoms with Gasteiger partial charge in [-0.1, -0.05) is 18.2 Å². The zero-order valence-electron chi connectivity index (χ0n) is 8.55. The van der Waals surface area contributed by atoms with E-state index in [0.717, 1.165) is 12.1 Å². The summed E-state index contributed by atoms with van der Waals surface area (Å²) in [6.07, 6.45) is -10.6. The quantitative estimate of drug-likeness (QED) is 0.623. The van der Waals surface area contributed by atoms with Crippen molar-refractivity contribution in [1.29, 1.82) is 0 Å². The SMILES string of the molecule is O=C(OC(F)(C(F)F)C(F)(F)F)c1ccccc1. The Morgan fingerprint density at radius 2 is 1.56 bits per heavy atom. The van der Waals surface area contributed by atoms with Crippen molar-refractivity contribution in [2.45, 2.75) is 18.5 Å². The normalized spacial score (nSPS) is 15.3. The molecule has 0 heterocycles. The van der Waals surface area contributed by atoms with Gasteiger partial charge in [-0.3, -0.25) is 0 Å². The summed E-state index contributed by atoms with van der Waals surface area (Å²) >= 11 is 0. The molecule has 0 bridgehead atoms. The van der Waals surface area contributed by atoms with E-state index in [1.54, 1.807) is 0 Å². The molecule has 0 aromatic heterocycles. The van der Waals surface area contributed by atoms with Crippen LogP contribution in [-0.4, -0.2) is 24.4 Å². The molecule has 0 fully saturated rings. The summed E-state index contributed by atoms with van der Waals surface area (Å²) < 4.78 is 76.8. The molecule has 0 N–H and O–H groups in total. The van der Waals surface area contributed by atoms with E-state index < -0.39 is 30.0 Å². The number of rotatable bonds is 3. The van der Waals surface area contributed by atoms with Crippen LogP contribution < -0.4 is 0 Å². The van der Waals surface area contributed by atoms with Crippen molar-refractivity contribution >= 4 is 5.97 Å². The minimum Gasteiger partial charge on any atom is -0.411 e. The third-order valence-electron chi connectivity index (χ3n) is 1.92. The topological polar surface area (TPSA) is 26.3 Å².